The minimum Gasteiger partial charge on any atom is -0.492 e. The molecular weight excluding hydrogens is 256 g/mol. The number of hydrogen-bond acceptors (Lipinski definition) is 2. The molecule has 0 unspecified atom stereocenters. The van der Waals surface area contributed by atoms with Crippen molar-refractivity contribution in [1.29, 1.82) is 0 Å². The monoisotopic (exact) mass is 272 g/mol. The molecule has 3 nitrogen and oxygen atoms in total. The number of benzene rings is 2. The summed E-state index contributed by atoms with van der Waals surface area (Å²) in [5.41, 5.74) is 1.81. The third-order valence-electron chi connectivity index (χ3n) is 2.47. The summed E-state index contributed by atoms with van der Waals surface area (Å²) >= 11 is 5.28. The van der Waals surface area contributed by atoms with E-state index >= 15 is 0 Å². The van der Waals surface area contributed by atoms with Crippen LogP contribution < -0.4 is 15.4 Å². The summed E-state index contributed by atoms with van der Waals surface area (Å²) < 4.78 is 5.54. The zero-order valence-electron chi connectivity index (χ0n) is 10.7. The topological polar surface area (TPSA) is 33.3 Å². The third-order valence-corrected chi connectivity index (χ3v) is 2.67. The minimum absolute atomic E-state index is 0.540. The zero-order valence-corrected chi connectivity index (χ0v) is 11.5. The highest BCUT2D eigenvalue weighted by Gasteiger charge is 2.04. The van der Waals surface area contributed by atoms with E-state index < -0.39 is 0 Å². The van der Waals surface area contributed by atoms with Crippen molar-refractivity contribution in [3.63, 3.8) is 0 Å². The number of hydrogen-bond donors (Lipinski definition) is 2. The molecule has 0 radical (unpaired) electrons. The van der Waals surface area contributed by atoms with Gasteiger partial charge in [0.25, 0.3) is 0 Å². The molecule has 0 bridgehead atoms. The maximum atomic E-state index is 5.54. The summed E-state index contributed by atoms with van der Waals surface area (Å²) in [6.07, 6.45) is 0. The number of nitrogens with one attached hydrogen (secondary N) is 2. The van der Waals surface area contributed by atoms with Crippen LogP contribution in [-0.4, -0.2) is 11.7 Å². The normalized spacial score (nSPS) is 9.74. The largest absolute Gasteiger partial charge is 0.492 e. The van der Waals surface area contributed by atoms with Crippen molar-refractivity contribution in [3.8, 4) is 5.75 Å². The summed E-state index contributed by atoms with van der Waals surface area (Å²) in [7, 11) is 0. The molecule has 4 heteroatoms. The van der Waals surface area contributed by atoms with Crippen molar-refractivity contribution in [2.45, 2.75) is 6.92 Å². The first kappa shape index (κ1) is 13.4. The Morgan fingerprint density at radius 1 is 1.00 bits per heavy atom. The average molecular weight is 272 g/mol. The second-order valence-corrected chi connectivity index (χ2v) is 4.28. The second kappa shape index (κ2) is 6.75. The summed E-state index contributed by atoms with van der Waals surface area (Å²) in [4.78, 5) is 0. The SMILES string of the molecule is CCOc1ccccc1NC(=S)Nc1ccccc1. The third kappa shape index (κ3) is 3.96. The van der Waals surface area contributed by atoms with Crippen molar-refractivity contribution in [2.75, 3.05) is 17.2 Å². The highest BCUT2D eigenvalue weighted by atomic mass is 32.1. The summed E-state index contributed by atoms with van der Waals surface area (Å²) in [6.45, 7) is 2.58. The molecule has 0 aliphatic heterocycles. The van der Waals surface area contributed by atoms with Gasteiger partial charge in [0.1, 0.15) is 5.75 Å². The van der Waals surface area contributed by atoms with Crippen molar-refractivity contribution in [2.24, 2.45) is 0 Å². The van der Waals surface area contributed by atoms with Gasteiger partial charge in [-0.3, -0.25) is 0 Å². The molecular formula is C15H16N2OS. The molecule has 2 N–H and O–H groups in total. The smallest absolute Gasteiger partial charge is 0.175 e. The van der Waals surface area contributed by atoms with Crippen LogP contribution in [0.5, 0.6) is 5.75 Å². The van der Waals surface area contributed by atoms with Crippen LogP contribution in [0.1, 0.15) is 6.92 Å². The lowest BCUT2D eigenvalue weighted by Crippen LogP contribution is -2.19. The lowest BCUT2D eigenvalue weighted by molar-refractivity contribution is 0.342. The van der Waals surface area contributed by atoms with Gasteiger partial charge in [-0.1, -0.05) is 30.3 Å². The highest BCUT2D eigenvalue weighted by Crippen LogP contribution is 2.23. The van der Waals surface area contributed by atoms with Crippen LogP contribution in [-0.2, 0) is 0 Å². The van der Waals surface area contributed by atoms with E-state index in [-0.39, 0.29) is 0 Å². The highest BCUT2D eigenvalue weighted by molar-refractivity contribution is 7.80. The van der Waals surface area contributed by atoms with E-state index in [1.165, 1.54) is 0 Å². The lowest BCUT2D eigenvalue weighted by atomic mass is 10.3. The van der Waals surface area contributed by atoms with Gasteiger partial charge in [0, 0.05) is 5.69 Å². The molecule has 2 aromatic rings. The Bertz CT molecular complexity index is 543. The Kier molecular flexibility index (Phi) is 4.75. The van der Waals surface area contributed by atoms with E-state index in [0.717, 1.165) is 17.1 Å². The minimum atomic E-state index is 0.540. The van der Waals surface area contributed by atoms with Crippen LogP contribution in [0.4, 0.5) is 11.4 Å². The van der Waals surface area contributed by atoms with Crippen molar-refractivity contribution < 1.29 is 4.74 Å². The molecule has 2 aromatic carbocycles. The molecule has 19 heavy (non-hydrogen) atoms. The van der Waals surface area contributed by atoms with Crippen LogP contribution in [0.25, 0.3) is 0 Å². The van der Waals surface area contributed by atoms with Crippen LogP contribution in [0, 0.1) is 0 Å². The van der Waals surface area contributed by atoms with Crippen LogP contribution >= 0.6 is 12.2 Å². The van der Waals surface area contributed by atoms with Crippen molar-refractivity contribution in [3.05, 3.63) is 54.6 Å². The molecule has 2 rings (SSSR count). The Morgan fingerprint density at radius 2 is 1.68 bits per heavy atom. The molecule has 0 amide bonds. The predicted molar refractivity (Wildman–Crippen MR) is 83.9 cm³/mol. The number of thiocarbonyl (C=S) groups is 1. The van der Waals surface area contributed by atoms with Gasteiger partial charge in [-0.05, 0) is 43.4 Å². The molecule has 0 saturated carbocycles. The summed E-state index contributed by atoms with van der Waals surface area (Å²) in [6, 6.07) is 17.5. The fourth-order valence-electron chi connectivity index (χ4n) is 1.66. The van der Waals surface area contributed by atoms with Crippen molar-refractivity contribution >= 4 is 28.7 Å². The number of para-hydroxylation sites is 3. The van der Waals surface area contributed by atoms with Crippen LogP contribution in [0.3, 0.4) is 0 Å². The van der Waals surface area contributed by atoms with Crippen LogP contribution in [0.15, 0.2) is 54.6 Å². The number of rotatable bonds is 4. The lowest BCUT2D eigenvalue weighted by Gasteiger charge is -2.14. The fourth-order valence-corrected chi connectivity index (χ4v) is 1.89. The maximum absolute atomic E-state index is 5.54. The van der Waals surface area contributed by atoms with Gasteiger partial charge in [-0.15, -0.1) is 0 Å². The number of ether oxygens (including phenoxy) is 1. The van der Waals surface area contributed by atoms with Gasteiger partial charge in [0.15, 0.2) is 5.11 Å². The Balaban J connectivity index is 2.03. The van der Waals surface area contributed by atoms with E-state index in [4.69, 9.17) is 17.0 Å². The van der Waals surface area contributed by atoms with Crippen LogP contribution in [0.2, 0.25) is 0 Å². The van der Waals surface area contributed by atoms with Gasteiger partial charge in [0.05, 0.1) is 12.3 Å². The van der Waals surface area contributed by atoms with Gasteiger partial charge in [0.2, 0.25) is 0 Å². The molecule has 0 aliphatic carbocycles. The average Bonchev–Trinajstić information content (AvgIpc) is 2.42. The Hall–Kier alpha value is -2.07. The Morgan fingerprint density at radius 3 is 2.42 bits per heavy atom. The molecule has 0 heterocycles. The van der Waals surface area contributed by atoms with Gasteiger partial charge in [-0.25, -0.2) is 0 Å². The molecule has 0 saturated heterocycles. The summed E-state index contributed by atoms with van der Waals surface area (Å²) in [5, 5.41) is 6.80. The molecule has 0 spiro atoms. The van der Waals surface area contributed by atoms with E-state index in [1.54, 1.807) is 0 Å². The van der Waals surface area contributed by atoms with E-state index in [9.17, 15) is 0 Å². The molecule has 0 aromatic heterocycles. The second-order valence-electron chi connectivity index (χ2n) is 3.87. The van der Waals surface area contributed by atoms with Gasteiger partial charge in [-0.2, -0.15) is 0 Å². The van der Waals surface area contributed by atoms with E-state index in [0.29, 0.717) is 11.7 Å². The molecule has 0 atom stereocenters. The maximum Gasteiger partial charge on any atom is 0.175 e. The van der Waals surface area contributed by atoms with Crippen molar-refractivity contribution in [1.82, 2.24) is 0 Å². The quantitative estimate of drug-likeness (QED) is 0.827. The first-order valence-corrected chi connectivity index (χ1v) is 6.55. The first-order chi connectivity index (χ1) is 9.29. The number of anilines is 2. The zero-order chi connectivity index (χ0) is 13.5. The molecule has 0 aliphatic rings. The van der Waals surface area contributed by atoms with E-state index in [1.807, 2.05) is 61.5 Å². The molecule has 98 valence electrons. The van der Waals surface area contributed by atoms with Gasteiger partial charge >= 0.3 is 0 Å². The first-order valence-electron chi connectivity index (χ1n) is 6.14. The molecule has 0 fully saturated rings. The summed E-state index contributed by atoms with van der Waals surface area (Å²) in [5.74, 6) is 0.794. The fraction of sp³-hybridized carbons (Fsp3) is 0.133. The van der Waals surface area contributed by atoms with E-state index in [2.05, 4.69) is 10.6 Å². The predicted octanol–water partition coefficient (Wildman–Crippen LogP) is 3.89. The Labute approximate surface area is 118 Å². The standard InChI is InChI=1S/C15H16N2OS/c1-2-18-14-11-7-6-10-13(14)17-15(19)16-12-8-4-3-5-9-12/h3-11H,2H2,1H3,(H2,16,17,19). The van der Waals surface area contributed by atoms with Gasteiger partial charge < -0.3 is 15.4 Å².